The number of hydrogen-bond donors (Lipinski definition) is 2. The van der Waals surface area contributed by atoms with Crippen molar-refractivity contribution in [3.63, 3.8) is 0 Å². The molecular weight excluding hydrogens is 506 g/mol. The standard InChI is InChI=1S/C28H45N3O6S/c1-11-28(7,8)31(25(34)21(15-16-38-10)30-26(35)37-27(4,5)6)23(24(33)29-17-22(32)36-9)20-14-12-13-18(2)19(20)3/h12-14,21,23H,11,15-17H2,1-10H3,(H,29,33)(H,30,35). The quantitative estimate of drug-likeness (QED) is 0.372. The molecule has 0 fully saturated rings. The Morgan fingerprint density at radius 1 is 1.08 bits per heavy atom. The van der Waals surface area contributed by atoms with Gasteiger partial charge in [0, 0.05) is 5.54 Å². The van der Waals surface area contributed by atoms with Gasteiger partial charge in [-0.1, -0.05) is 25.1 Å². The molecule has 2 N–H and O–H groups in total. The number of carbonyl (C=O) groups excluding carboxylic acids is 4. The van der Waals surface area contributed by atoms with Gasteiger partial charge in [-0.15, -0.1) is 0 Å². The van der Waals surface area contributed by atoms with E-state index in [9.17, 15) is 19.2 Å². The summed E-state index contributed by atoms with van der Waals surface area (Å²) in [6, 6.07) is 3.60. The molecule has 0 aliphatic carbocycles. The molecular formula is C28H45N3O6S. The number of nitrogens with zero attached hydrogens (tertiary/aromatic N) is 1. The van der Waals surface area contributed by atoms with Crippen molar-refractivity contribution in [1.82, 2.24) is 15.5 Å². The third kappa shape index (κ3) is 9.53. The molecule has 0 saturated carbocycles. The molecule has 1 aromatic carbocycles. The van der Waals surface area contributed by atoms with E-state index < -0.39 is 47.1 Å². The second-order valence-corrected chi connectivity index (χ2v) is 11.8. The van der Waals surface area contributed by atoms with Crippen molar-refractivity contribution >= 4 is 35.6 Å². The summed E-state index contributed by atoms with van der Waals surface area (Å²) >= 11 is 1.55. The van der Waals surface area contributed by atoms with Crippen LogP contribution in [0, 0.1) is 13.8 Å². The molecule has 38 heavy (non-hydrogen) atoms. The van der Waals surface area contributed by atoms with Gasteiger partial charge < -0.3 is 25.0 Å². The largest absolute Gasteiger partial charge is 0.468 e. The van der Waals surface area contributed by atoms with Gasteiger partial charge in [0.15, 0.2) is 0 Å². The average molecular weight is 552 g/mol. The fourth-order valence-electron chi connectivity index (χ4n) is 3.85. The highest BCUT2D eigenvalue weighted by Gasteiger charge is 2.43. The molecule has 10 heteroatoms. The van der Waals surface area contributed by atoms with Crippen LogP contribution in [-0.2, 0) is 23.9 Å². The zero-order valence-corrected chi connectivity index (χ0v) is 25.3. The Kier molecular flexibility index (Phi) is 12.6. The summed E-state index contributed by atoms with van der Waals surface area (Å²) in [4.78, 5) is 54.2. The van der Waals surface area contributed by atoms with Crippen LogP contribution >= 0.6 is 11.8 Å². The number of esters is 1. The number of thioether (sulfide) groups is 1. The minimum atomic E-state index is -1.06. The first-order chi connectivity index (χ1) is 17.6. The highest BCUT2D eigenvalue weighted by Crippen LogP contribution is 2.34. The van der Waals surface area contributed by atoms with Crippen LogP contribution in [0.3, 0.4) is 0 Å². The lowest BCUT2D eigenvalue weighted by Crippen LogP contribution is -2.59. The molecule has 0 aromatic heterocycles. The fourth-order valence-corrected chi connectivity index (χ4v) is 4.32. The number of amides is 3. The van der Waals surface area contributed by atoms with Crippen LogP contribution in [-0.4, -0.2) is 71.6 Å². The first-order valence-corrected chi connectivity index (χ1v) is 14.2. The maximum Gasteiger partial charge on any atom is 0.408 e. The molecule has 1 rings (SSSR count). The van der Waals surface area contributed by atoms with E-state index >= 15 is 0 Å². The number of methoxy groups -OCH3 is 1. The second-order valence-electron chi connectivity index (χ2n) is 10.8. The SMILES string of the molecule is CCC(C)(C)N(C(=O)C(CCSC)NC(=O)OC(C)(C)C)C(C(=O)NCC(=O)OC)c1cccc(C)c1C. The Morgan fingerprint density at radius 3 is 2.24 bits per heavy atom. The van der Waals surface area contributed by atoms with Gasteiger partial charge in [-0.05, 0) is 90.0 Å². The van der Waals surface area contributed by atoms with E-state index in [1.165, 1.54) is 7.11 Å². The predicted molar refractivity (Wildman–Crippen MR) is 151 cm³/mol. The monoisotopic (exact) mass is 551 g/mol. The molecule has 0 radical (unpaired) electrons. The van der Waals surface area contributed by atoms with Crippen LogP contribution < -0.4 is 10.6 Å². The van der Waals surface area contributed by atoms with Crippen LogP contribution in [0.5, 0.6) is 0 Å². The van der Waals surface area contributed by atoms with Gasteiger partial charge >= 0.3 is 12.1 Å². The average Bonchev–Trinajstić information content (AvgIpc) is 2.83. The van der Waals surface area contributed by atoms with Crippen molar-refractivity contribution in [2.24, 2.45) is 0 Å². The number of alkyl carbamates (subject to hydrolysis) is 1. The summed E-state index contributed by atoms with van der Waals surface area (Å²) < 4.78 is 10.1. The van der Waals surface area contributed by atoms with Crippen LogP contribution in [0.25, 0.3) is 0 Å². The number of aryl methyl sites for hydroxylation is 1. The lowest BCUT2D eigenvalue weighted by Gasteiger charge is -2.45. The molecule has 0 aliphatic rings. The van der Waals surface area contributed by atoms with Crippen molar-refractivity contribution in [3.05, 3.63) is 34.9 Å². The molecule has 0 bridgehead atoms. The zero-order chi connectivity index (χ0) is 29.3. The minimum absolute atomic E-state index is 0.336. The summed E-state index contributed by atoms with van der Waals surface area (Å²) in [7, 11) is 1.24. The van der Waals surface area contributed by atoms with Crippen LogP contribution in [0.1, 0.15) is 77.1 Å². The van der Waals surface area contributed by atoms with E-state index in [0.717, 1.165) is 11.1 Å². The van der Waals surface area contributed by atoms with E-state index in [1.807, 2.05) is 59.1 Å². The first kappa shape index (κ1) is 33.3. The Labute approximate surface area is 231 Å². The van der Waals surface area contributed by atoms with Gasteiger partial charge in [0.2, 0.25) is 11.8 Å². The van der Waals surface area contributed by atoms with Crippen LogP contribution in [0.2, 0.25) is 0 Å². The van der Waals surface area contributed by atoms with E-state index in [4.69, 9.17) is 9.47 Å². The molecule has 0 heterocycles. The molecule has 0 saturated heterocycles. The van der Waals surface area contributed by atoms with Crippen LogP contribution in [0.15, 0.2) is 18.2 Å². The van der Waals surface area contributed by atoms with Gasteiger partial charge in [-0.25, -0.2) is 4.79 Å². The van der Waals surface area contributed by atoms with Crippen molar-refractivity contribution in [2.75, 3.05) is 25.7 Å². The van der Waals surface area contributed by atoms with Gasteiger partial charge in [0.1, 0.15) is 24.2 Å². The summed E-state index contributed by atoms with van der Waals surface area (Å²) in [5.74, 6) is -0.916. The molecule has 0 aliphatic heterocycles. The number of carbonyl (C=O) groups is 4. The van der Waals surface area contributed by atoms with E-state index in [2.05, 4.69) is 10.6 Å². The first-order valence-electron chi connectivity index (χ1n) is 12.8. The smallest absolute Gasteiger partial charge is 0.408 e. The van der Waals surface area contributed by atoms with Gasteiger partial charge in [-0.3, -0.25) is 14.4 Å². The summed E-state index contributed by atoms with van der Waals surface area (Å²) in [5.41, 5.74) is 0.933. The highest BCUT2D eigenvalue weighted by atomic mass is 32.2. The van der Waals surface area contributed by atoms with Gasteiger partial charge in [-0.2, -0.15) is 11.8 Å². The maximum absolute atomic E-state index is 14.3. The molecule has 2 unspecified atom stereocenters. The second kappa shape index (κ2) is 14.4. The van der Waals surface area contributed by atoms with E-state index in [1.54, 1.807) is 37.4 Å². The number of benzene rings is 1. The summed E-state index contributed by atoms with van der Waals surface area (Å²) in [5, 5.41) is 5.38. The number of hydrogen-bond acceptors (Lipinski definition) is 7. The fraction of sp³-hybridized carbons (Fsp3) is 0.643. The lowest BCUT2D eigenvalue weighted by molar-refractivity contribution is -0.150. The van der Waals surface area contributed by atoms with E-state index in [-0.39, 0.29) is 6.54 Å². The minimum Gasteiger partial charge on any atom is -0.468 e. The maximum atomic E-state index is 14.3. The van der Waals surface area contributed by atoms with Gasteiger partial charge in [0.05, 0.1) is 7.11 Å². The molecule has 1 aromatic rings. The molecule has 9 nitrogen and oxygen atoms in total. The Balaban J connectivity index is 3.69. The Bertz CT molecular complexity index is 989. The number of rotatable bonds is 12. The normalized spacial score (nSPS) is 13.2. The lowest BCUT2D eigenvalue weighted by atomic mass is 9.89. The third-order valence-electron chi connectivity index (χ3n) is 6.44. The van der Waals surface area contributed by atoms with E-state index in [0.29, 0.717) is 24.2 Å². The predicted octanol–water partition coefficient (Wildman–Crippen LogP) is 4.30. The molecule has 2 atom stereocenters. The van der Waals surface area contributed by atoms with Crippen molar-refractivity contribution < 1.29 is 28.7 Å². The zero-order valence-electron chi connectivity index (χ0n) is 24.5. The Morgan fingerprint density at radius 2 is 1.71 bits per heavy atom. The van der Waals surface area contributed by atoms with Crippen molar-refractivity contribution in [1.29, 1.82) is 0 Å². The third-order valence-corrected chi connectivity index (χ3v) is 7.08. The number of nitrogens with one attached hydrogen (secondary N) is 2. The molecule has 3 amide bonds. The number of ether oxygens (including phenoxy) is 2. The highest BCUT2D eigenvalue weighted by molar-refractivity contribution is 7.98. The van der Waals surface area contributed by atoms with Crippen LogP contribution in [0.4, 0.5) is 4.79 Å². The molecule has 0 spiro atoms. The summed E-state index contributed by atoms with van der Waals surface area (Å²) in [6.07, 6.45) is 2.09. The van der Waals surface area contributed by atoms with Crippen molar-refractivity contribution in [3.8, 4) is 0 Å². The topological polar surface area (TPSA) is 114 Å². The summed E-state index contributed by atoms with van der Waals surface area (Å²) in [6.45, 7) is 14.5. The Hall–Kier alpha value is -2.75. The molecule has 214 valence electrons. The van der Waals surface area contributed by atoms with Crippen molar-refractivity contribution in [2.45, 2.75) is 91.5 Å². The van der Waals surface area contributed by atoms with Gasteiger partial charge in [0.25, 0.3) is 0 Å².